The number of hydrogen-bond acceptors (Lipinski definition) is 3. The van der Waals surface area contributed by atoms with Gasteiger partial charge in [-0.1, -0.05) is 13.3 Å². The predicted molar refractivity (Wildman–Crippen MR) is 63.9 cm³/mol. The van der Waals surface area contributed by atoms with E-state index in [-0.39, 0.29) is 0 Å². The summed E-state index contributed by atoms with van der Waals surface area (Å²) in [5, 5.41) is 0. The van der Waals surface area contributed by atoms with Crippen molar-refractivity contribution in [2.45, 2.75) is 38.7 Å². The van der Waals surface area contributed by atoms with Gasteiger partial charge in [-0.15, -0.1) is 0 Å². The van der Waals surface area contributed by atoms with Crippen LogP contribution in [0, 0.1) is 5.92 Å². The molecule has 1 aliphatic rings. The van der Waals surface area contributed by atoms with E-state index in [0.29, 0.717) is 12.0 Å². The van der Waals surface area contributed by atoms with Gasteiger partial charge < -0.3 is 15.4 Å². The first kappa shape index (κ1) is 12.9. The van der Waals surface area contributed by atoms with E-state index in [9.17, 15) is 0 Å². The molecule has 1 rings (SSSR count). The average Bonchev–Trinajstić information content (AvgIpc) is 2.31. The number of hydrogen-bond donors (Lipinski definition) is 1. The number of ether oxygens (including phenoxy) is 1. The Labute approximate surface area is 94.0 Å². The summed E-state index contributed by atoms with van der Waals surface area (Å²) < 4.78 is 5.41. The molecule has 0 aromatic carbocycles. The molecule has 0 aliphatic carbocycles. The molecule has 0 aromatic rings. The molecule has 2 atom stereocenters. The Morgan fingerprint density at radius 1 is 1.53 bits per heavy atom. The van der Waals surface area contributed by atoms with Gasteiger partial charge >= 0.3 is 0 Å². The Morgan fingerprint density at radius 3 is 2.93 bits per heavy atom. The molecular formula is C12H26N2O. The molecule has 1 fully saturated rings. The molecule has 90 valence electrons. The lowest BCUT2D eigenvalue weighted by Crippen LogP contribution is -2.40. The van der Waals surface area contributed by atoms with E-state index in [1.165, 1.54) is 38.8 Å². The highest BCUT2D eigenvalue weighted by atomic mass is 16.5. The first-order valence-electron chi connectivity index (χ1n) is 6.25. The number of piperidine rings is 1. The maximum atomic E-state index is 5.71. The molecule has 1 saturated heterocycles. The van der Waals surface area contributed by atoms with Crippen LogP contribution in [-0.2, 0) is 4.74 Å². The minimum atomic E-state index is 0.455. The van der Waals surface area contributed by atoms with Gasteiger partial charge in [-0.2, -0.15) is 0 Å². The second-order valence-electron chi connectivity index (χ2n) is 4.60. The van der Waals surface area contributed by atoms with Crippen LogP contribution in [0.15, 0.2) is 0 Å². The second kappa shape index (κ2) is 7.20. The summed E-state index contributed by atoms with van der Waals surface area (Å²) in [6, 6.07) is 0. The van der Waals surface area contributed by atoms with Gasteiger partial charge in [-0.25, -0.2) is 0 Å². The van der Waals surface area contributed by atoms with Crippen molar-refractivity contribution in [2.75, 3.05) is 33.3 Å². The molecule has 2 unspecified atom stereocenters. The molecule has 0 aromatic heterocycles. The smallest absolute Gasteiger partial charge is 0.0698 e. The van der Waals surface area contributed by atoms with Crippen molar-refractivity contribution in [3.63, 3.8) is 0 Å². The largest absolute Gasteiger partial charge is 0.380 e. The minimum Gasteiger partial charge on any atom is -0.380 e. The lowest BCUT2D eigenvalue weighted by atomic mass is 10.0. The van der Waals surface area contributed by atoms with Crippen LogP contribution in [0.3, 0.4) is 0 Å². The fourth-order valence-electron chi connectivity index (χ4n) is 2.26. The molecule has 0 bridgehead atoms. The molecular weight excluding hydrogens is 188 g/mol. The van der Waals surface area contributed by atoms with Gasteiger partial charge in [0.25, 0.3) is 0 Å². The van der Waals surface area contributed by atoms with E-state index in [1.54, 1.807) is 0 Å². The van der Waals surface area contributed by atoms with Gasteiger partial charge in [0.1, 0.15) is 0 Å². The van der Waals surface area contributed by atoms with Crippen LogP contribution in [0.1, 0.15) is 32.6 Å². The number of nitrogens with zero attached hydrogens (tertiary/aromatic N) is 1. The molecule has 15 heavy (non-hydrogen) atoms. The molecule has 1 aliphatic heterocycles. The van der Waals surface area contributed by atoms with Crippen molar-refractivity contribution in [1.82, 2.24) is 4.90 Å². The number of rotatable bonds is 6. The first-order chi connectivity index (χ1) is 7.30. The average molecular weight is 214 g/mol. The Morgan fingerprint density at radius 2 is 2.33 bits per heavy atom. The summed E-state index contributed by atoms with van der Waals surface area (Å²) >= 11 is 0. The Hall–Kier alpha value is -0.120. The monoisotopic (exact) mass is 214 g/mol. The number of likely N-dealkylation sites (tertiary alicyclic amines) is 1. The first-order valence-corrected chi connectivity index (χ1v) is 6.25. The molecule has 1 heterocycles. The normalized spacial score (nSPS) is 25.4. The minimum absolute atomic E-state index is 0.455. The molecule has 0 amide bonds. The Kier molecular flexibility index (Phi) is 6.22. The quantitative estimate of drug-likeness (QED) is 0.728. The highest BCUT2D eigenvalue weighted by molar-refractivity contribution is 4.73. The molecule has 3 nitrogen and oxygen atoms in total. The molecule has 2 N–H and O–H groups in total. The zero-order valence-corrected chi connectivity index (χ0v) is 10.2. The van der Waals surface area contributed by atoms with Gasteiger partial charge in [0.15, 0.2) is 0 Å². The summed E-state index contributed by atoms with van der Waals surface area (Å²) in [4.78, 5) is 2.52. The predicted octanol–water partition coefficient (Wildman–Crippen LogP) is 1.47. The molecule has 0 saturated carbocycles. The van der Waals surface area contributed by atoms with Crippen molar-refractivity contribution in [2.24, 2.45) is 11.7 Å². The topological polar surface area (TPSA) is 38.5 Å². The fourth-order valence-corrected chi connectivity index (χ4v) is 2.26. The van der Waals surface area contributed by atoms with E-state index in [0.717, 1.165) is 13.1 Å². The molecule has 0 radical (unpaired) electrons. The van der Waals surface area contributed by atoms with Crippen LogP contribution < -0.4 is 5.73 Å². The van der Waals surface area contributed by atoms with Crippen LogP contribution in [0.25, 0.3) is 0 Å². The van der Waals surface area contributed by atoms with E-state index in [2.05, 4.69) is 11.8 Å². The van der Waals surface area contributed by atoms with Gasteiger partial charge in [-0.3, -0.25) is 0 Å². The van der Waals surface area contributed by atoms with Crippen LogP contribution in [0.4, 0.5) is 0 Å². The van der Waals surface area contributed by atoms with E-state index < -0.39 is 0 Å². The van der Waals surface area contributed by atoms with Gasteiger partial charge in [0.2, 0.25) is 0 Å². The number of methoxy groups -OCH3 is 1. The summed E-state index contributed by atoms with van der Waals surface area (Å²) in [5.74, 6) is 0.702. The maximum Gasteiger partial charge on any atom is 0.0698 e. The van der Waals surface area contributed by atoms with Crippen LogP contribution in [0.2, 0.25) is 0 Å². The summed E-state index contributed by atoms with van der Waals surface area (Å²) in [6.45, 7) is 6.59. The maximum absolute atomic E-state index is 5.71. The highest BCUT2D eigenvalue weighted by Gasteiger charge is 2.19. The standard InChI is InChI=1S/C12H26N2O/c1-3-11(9-13)6-8-14-7-4-5-12(10-14)15-2/h11-12H,3-10,13H2,1-2H3. The van der Waals surface area contributed by atoms with Crippen molar-refractivity contribution in [1.29, 1.82) is 0 Å². The third kappa shape index (κ3) is 4.49. The van der Waals surface area contributed by atoms with Crippen LogP contribution >= 0.6 is 0 Å². The zero-order valence-electron chi connectivity index (χ0n) is 10.2. The molecule has 0 spiro atoms. The van der Waals surface area contributed by atoms with Gasteiger partial charge in [0, 0.05) is 13.7 Å². The van der Waals surface area contributed by atoms with Crippen LogP contribution in [-0.4, -0.2) is 44.3 Å². The van der Waals surface area contributed by atoms with Gasteiger partial charge in [0.05, 0.1) is 6.10 Å². The van der Waals surface area contributed by atoms with E-state index >= 15 is 0 Å². The second-order valence-corrected chi connectivity index (χ2v) is 4.60. The van der Waals surface area contributed by atoms with Crippen molar-refractivity contribution in [3.8, 4) is 0 Å². The summed E-state index contributed by atoms with van der Waals surface area (Å²) in [6.07, 6.45) is 5.40. The molecule has 3 heteroatoms. The Balaban J connectivity index is 2.20. The lowest BCUT2D eigenvalue weighted by Gasteiger charge is -2.32. The fraction of sp³-hybridized carbons (Fsp3) is 1.00. The van der Waals surface area contributed by atoms with E-state index in [4.69, 9.17) is 10.5 Å². The van der Waals surface area contributed by atoms with Crippen molar-refractivity contribution >= 4 is 0 Å². The Bertz CT molecular complexity index is 160. The highest BCUT2D eigenvalue weighted by Crippen LogP contribution is 2.14. The van der Waals surface area contributed by atoms with Crippen LogP contribution in [0.5, 0.6) is 0 Å². The summed E-state index contributed by atoms with van der Waals surface area (Å²) in [7, 11) is 1.82. The van der Waals surface area contributed by atoms with Crippen molar-refractivity contribution < 1.29 is 4.74 Å². The van der Waals surface area contributed by atoms with E-state index in [1.807, 2.05) is 7.11 Å². The zero-order chi connectivity index (χ0) is 11.1. The van der Waals surface area contributed by atoms with Gasteiger partial charge in [-0.05, 0) is 44.8 Å². The number of nitrogens with two attached hydrogens (primary N) is 1. The lowest BCUT2D eigenvalue weighted by molar-refractivity contribution is 0.0296. The SMILES string of the molecule is CCC(CN)CCN1CCCC(OC)C1. The third-order valence-electron chi connectivity index (χ3n) is 3.56. The third-order valence-corrected chi connectivity index (χ3v) is 3.56. The summed E-state index contributed by atoms with van der Waals surface area (Å²) in [5.41, 5.74) is 5.71. The van der Waals surface area contributed by atoms with Crippen molar-refractivity contribution in [3.05, 3.63) is 0 Å².